The summed E-state index contributed by atoms with van der Waals surface area (Å²) in [6.45, 7) is 5.12. The zero-order valence-electron chi connectivity index (χ0n) is 15.2. The highest BCUT2D eigenvalue weighted by atomic mass is 16.5. The summed E-state index contributed by atoms with van der Waals surface area (Å²) in [6, 6.07) is 13.4. The lowest BCUT2D eigenvalue weighted by molar-refractivity contribution is -0.116. The number of benzene rings is 2. The van der Waals surface area contributed by atoms with Gasteiger partial charge in [-0.25, -0.2) is 0 Å². The number of carbonyl (C=O) groups is 3. The first-order valence-corrected chi connectivity index (χ1v) is 8.62. The molecule has 2 rings (SSSR count). The molecular formula is C21H23NO4. The van der Waals surface area contributed by atoms with Gasteiger partial charge in [0.25, 0.3) is 0 Å². The molecule has 0 fully saturated rings. The third-order valence-electron chi connectivity index (χ3n) is 3.87. The van der Waals surface area contributed by atoms with Crippen molar-refractivity contribution in [3.63, 3.8) is 0 Å². The minimum Gasteiger partial charge on any atom is -0.483 e. The molecule has 26 heavy (non-hydrogen) atoms. The van der Waals surface area contributed by atoms with Gasteiger partial charge in [-0.3, -0.25) is 14.4 Å². The molecule has 0 radical (unpaired) electrons. The summed E-state index contributed by atoms with van der Waals surface area (Å²) in [6.07, 6.45) is 0.581. The van der Waals surface area contributed by atoms with E-state index in [1.54, 1.807) is 55.5 Å². The second-order valence-electron chi connectivity index (χ2n) is 6.08. The van der Waals surface area contributed by atoms with Gasteiger partial charge in [0, 0.05) is 23.2 Å². The molecule has 0 spiro atoms. The standard InChI is InChI=1S/C21H23NO4/c1-4-5-20(24)22-18-10-6-17(7-11-18)21(25)15(3)26-19-12-8-16(9-13-19)14(2)23/h6-13,15H,4-5H2,1-3H3,(H,22,24)/t15-/m0/s1. The number of amides is 1. The van der Waals surface area contributed by atoms with Crippen LogP contribution in [-0.2, 0) is 4.79 Å². The predicted molar refractivity (Wildman–Crippen MR) is 101 cm³/mol. The molecule has 5 heteroatoms. The maximum absolute atomic E-state index is 12.5. The topological polar surface area (TPSA) is 72.5 Å². The second-order valence-corrected chi connectivity index (χ2v) is 6.08. The number of ether oxygens (including phenoxy) is 1. The van der Waals surface area contributed by atoms with Gasteiger partial charge in [0.1, 0.15) is 5.75 Å². The van der Waals surface area contributed by atoms with Crippen molar-refractivity contribution in [3.05, 3.63) is 59.7 Å². The van der Waals surface area contributed by atoms with E-state index in [2.05, 4.69) is 5.32 Å². The number of rotatable bonds is 8. The first-order chi connectivity index (χ1) is 12.4. The lowest BCUT2D eigenvalue weighted by Crippen LogP contribution is -2.24. The molecule has 0 aliphatic rings. The maximum Gasteiger partial charge on any atom is 0.224 e. The average Bonchev–Trinajstić information content (AvgIpc) is 2.62. The Hall–Kier alpha value is -2.95. The Bertz CT molecular complexity index is 779. The molecule has 2 aromatic rings. The quantitative estimate of drug-likeness (QED) is 0.719. The molecule has 2 aromatic carbocycles. The van der Waals surface area contributed by atoms with Gasteiger partial charge in [0.05, 0.1) is 0 Å². The zero-order chi connectivity index (χ0) is 19.1. The highest BCUT2D eigenvalue weighted by molar-refractivity contribution is 6.00. The van der Waals surface area contributed by atoms with Gasteiger partial charge >= 0.3 is 0 Å². The fourth-order valence-electron chi connectivity index (χ4n) is 2.43. The van der Waals surface area contributed by atoms with E-state index in [4.69, 9.17) is 4.74 Å². The highest BCUT2D eigenvalue weighted by Gasteiger charge is 2.17. The van der Waals surface area contributed by atoms with Crippen molar-refractivity contribution in [2.45, 2.75) is 39.7 Å². The van der Waals surface area contributed by atoms with Gasteiger partial charge in [-0.05, 0) is 68.8 Å². The van der Waals surface area contributed by atoms with Crippen LogP contribution in [0.25, 0.3) is 0 Å². The first kappa shape index (κ1) is 19.4. The van der Waals surface area contributed by atoms with Crippen molar-refractivity contribution < 1.29 is 19.1 Å². The molecule has 0 aliphatic heterocycles. The number of hydrogen-bond acceptors (Lipinski definition) is 4. The molecule has 0 saturated carbocycles. The largest absolute Gasteiger partial charge is 0.483 e. The van der Waals surface area contributed by atoms with Crippen LogP contribution in [0.5, 0.6) is 5.75 Å². The molecule has 0 aromatic heterocycles. The van der Waals surface area contributed by atoms with Crippen LogP contribution in [0.2, 0.25) is 0 Å². The molecule has 0 heterocycles. The molecule has 1 atom stereocenters. The molecule has 0 unspecified atom stereocenters. The van der Waals surface area contributed by atoms with Crippen LogP contribution in [0, 0.1) is 0 Å². The van der Waals surface area contributed by atoms with E-state index >= 15 is 0 Å². The molecule has 0 saturated heterocycles. The van der Waals surface area contributed by atoms with Gasteiger partial charge in [-0.2, -0.15) is 0 Å². The summed E-state index contributed by atoms with van der Waals surface area (Å²) in [5.74, 6) is 0.301. The summed E-state index contributed by atoms with van der Waals surface area (Å²) in [4.78, 5) is 35.4. The van der Waals surface area contributed by atoms with E-state index in [0.29, 0.717) is 29.0 Å². The highest BCUT2D eigenvalue weighted by Crippen LogP contribution is 2.17. The summed E-state index contributed by atoms with van der Waals surface area (Å²) >= 11 is 0. The van der Waals surface area contributed by atoms with Crippen molar-refractivity contribution in [2.75, 3.05) is 5.32 Å². The van der Waals surface area contributed by atoms with Gasteiger partial charge in [-0.1, -0.05) is 6.92 Å². The number of Topliss-reactive ketones (excluding diaryl/α,β-unsaturated/α-hetero) is 2. The van der Waals surface area contributed by atoms with Crippen LogP contribution in [0.3, 0.4) is 0 Å². The third-order valence-corrected chi connectivity index (χ3v) is 3.87. The van der Waals surface area contributed by atoms with E-state index in [0.717, 1.165) is 6.42 Å². The van der Waals surface area contributed by atoms with Crippen molar-refractivity contribution >= 4 is 23.2 Å². The first-order valence-electron chi connectivity index (χ1n) is 8.62. The van der Waals surface area contributed by atoms with E-state index in [9.17, 15) is 14.4 Å². The number of anilines is 1. The molecule has 1 N–H and O–H groups in total. The fraction of sp³-hybridized carbons (Fsp3) is 0.286. The summed E-state index contributed by atoms with van der Waals surface area (Å²) in [7, 11) is 0. The Balaban J connectivity index is 1.98. The van der Waals surface area contributed by atoms with E-state index in [-0.39, 0.29) is 17.5 Å². The average molecular weight is 353 g/mol. The van der Waals surface area contributed by atoms with Crippen molar-refractivity contribution in [2.24, 2.45) is 0 Å². The third kappa shape index (κ3) is 5.28. The summed E-state index contributed by atoms with van der Waals surface area (Å²) < 4.78 is 5.66. The minimum absolute atomic E-state index is 0.0215. The molecule has 136 valence electrons. The van der Waals surface area contributed by atoms with Crippen molar-refractivity contribution in [1.82, 2.24) is 0 Å². The molecule has 1 amide bonds. The van der Waals surface area contributed by atoms with Crippen LogP contribution in [0.1, 0.15) is 54.3 Å². The van der Waals surface area contributed by atoms with Crippen LogP contribution >= 0.6 is 0 Å². The lowest BCUT2D eigenvalue weighted by atomic mass is 10.1. The van der Waals surface area contributed by atoms with Crippen LogP contribution < -0.4 is 10.1 Å². The van der Waals surface area contributed by atoms with Crippen LogP contribution in [0.4, 0.5) is 5.69 Å². The van der Waals surface area contributed by atoms with Crippen molar-refractivity contribution in [3.8, 4) is 5.75 Å². The number of nitrogens with one attached hydrogen (secondary N) is 1. The van der Waals surface area contributed by atoms with Crippen molar-refractivity contribution in [1.29, 1.82) is 0 Å². The smallest absolute Gasteiger partial charge is 0.224 e. The Kier molecular flexibility index (Phi) is 6.67. The normalized spacial score (nSPS) is 11.5. The van der Waals surface area contributed by atoms with Crippen LogP contribution in [0.15, 0.2) is 48.5 Å². The predicted octanol–water partition coefficient (Wildman–Crippen LogP) is 4.28. The second kappa shape index (κ2) is 8.94. The summed E-state index contributed by atoms with van der Waals surface area (Å²) in [5, 5.41) is 2.78. The molecule has 0 aliphatic carbocycles. The summed E-state index contributed by atoms with van der Waals surface area (Å²) in [5.41, 5.74) is 1.76. The monoisotopic (exact) mass is 353 g/mol. The van der Waals surface area contributed by atoms with Gasteiger partial charge < -0.3 is 10.1 Å². The SMILES string of the molecule is CCCC(=O)Nc1ccc(C(=O)[C@H](C)Oc2ccc(C(C)=O)cc2)cc1. The zero-order valence-corrected chi connectivity index (χ0v) is 15.2. The Morgan fingerprint density at radius 3 is 2.08 bits per heavy atom. The fourth-order valence-corrected chi connectivity index (χ4v) is 2.43. The van der Waals surface area contributed by atoms with E-state index < -0.39 is 6.10 Å². The minimum atomic E-state index is -0.668. The Morgan fingerprint density at radius 1 is 0.962 bits per heavy atom. The van der Waals surface area contributed by atoms with Gasteiger partial charge in [0.2, 0.25) is 11.7 Å². The molecular weight excluding hydrogens is 330 g/mol. The van der Waals surface area contributed by atoms with Gasteiger partial charge in [0.15, 0.2) is 11.9 Å². The number of ketones is 2. The number of carbonyl (C=O) groups excluding carboxylic acids is 3. The molecule has 5 nitrogen and oxygen atoms in total. The Labute approximate surface area is 153 Å². The maximum atomic E-state index is 12.5. The van der Waals surface area contributed by atoms with Crippen LogP contribution in [-0.4, -0.2) is 23.6 Å². The Morgan fingerprint density at radius 2 is 1.54 bits per heavy atom. The lowest BCUT2D eigenvalue weighted by Gasteiger charge is -2.14. The van der Waals surface area contributed by atoms with E-state index in [1.165, 1.54) is 6.92 Å². The van der Waals surface area contributed by atoms with E-state index in [1.807, 2.05) is 6.92 Å². The molecule has 0 bridgehead atoms. The number of hydrogen-bond donors (Lipinski definition) is 1. The van der Waals surface area contributed by atoms with Gasteiger partial charge in [-0.15, -0.1) is 0 Å².